The number of rotatable bonds is 1. The predicted octanol–water partition coefficient (Wildman–Crippen LogP) is 5.60. The molecular weight excluding hydrogens is 282 g/mol. The Kier molecular flexibility index (Phi) is 2.86. The molecule has 3 aromatic rings. The fourth-order valence-corrected chi connectivity index (χ4v) is 3.24. The van der Waals surface area contributed by atoms with Gasteiger partial charge in [-0.3, -0.25) is 4.99 Å². The fraction of sp³-hybridized carbons (Fsp3) is 0.190. The molecule has 114 valence electrons. The maximum Gasteiger partial charge on any atom is 0.116 e. The molecule has 0 aromatic heterocycles. The van der Waals surface area contributed by atoms with E-state index in [1.165, 1.54) is 22.4 Å². The number of phenols is 1. The topological polar surface area (TPSA) is 32.6 Å². The van der Waals surface area contributed by atoms with Crippen molar-refractivity contribution in [2.45, 2.75) is 26.2 Å². The third kappa shape index (κ3) is 2.14. The van der Waals surface area contributed by atoms with Gasteiger partial charge in [-0.1, -0.05) is 38.1 Å². The van der Waals surface area contributed by atoms with Gasteiger partial charge < -0.3 is 5.11 Å². The minimum Gasteiger partial charge on any atom is -0.508 e. The first-order chi connectivity index (χ1) is 10.9. The molecule has 0 spiro atoms. The number of aromatic hydroxyl groups is 1. The largest absolute Gasteiger partial charge is 0.508 e. The Labute approximate surface area is 136 Å². The number of fused-ring (bicyclic) bond motifs is 2. The van der Waals surface area contributed by atoms with Gasteiger partial charge in [0.25, 0.3) is 0 Å². The normalized spacial score (nSPS) is 15.5. The van der Waals surface area contributed by atoms with E-state index < -0.39 is 0 Å². The molecule has 23 heavy (non-hydrogen) atoms. The highest BCUT2D eigenvalue weighted by Gasteiger charge is 2.32. The highest BCUT2D eigenvalue weighted by atomic mass is 16.3. The van der Waals surface area contributed by atoms with Crippen LogP contribution in [-0.2, 0) is 5.41 Å². The summed E-state index contributed by atoms with van der Waals surface area (Å²) in [4.78, 5) is 4.69. The van der Waals surface area contributed by atoms with Crippen molar-refractivity contribution < 1.29 is 5.11 Å². The van der Waals surface area contributed by atoms with E-state index >= 15 is 0 Å². The zero-order chi connectivity index (χ0) is 16.2. The first-order valence-electron chi connectivity index (χ1n) is 7.88. The van der Waals surface area contributed by atoms with Crippen LogP contribution in [-0.4, -0.2) is 10.8 Å². The van der Waals surface area contributed by atoms with Gasteiger partial charge in [-0.25, -0.2) is 0 Å². The standard InChI is InChI=1S/C21H19NO/c1-13-21(2,3)19-12-17(7-9-20(19)22-13)14-4-5-16-11-18(23)8-6-15(16)10-14/h4-12,23H,1-3H3. The van der Waals surface area contributed by atoms with Crippen LogP contribution < -0.4 is 0 Å². The second-order valence-electron chi connectivity index (χ2n) is 6.80. The molecule has 0 atom stereocenters. The van der Waals surface area contributed by atoms with Gasteiger partial charge in [0.2, 0.25) is 0 Å². The summed E-state index contributed by atoms with van der Waals surface area (Å²) < 4.78 is 0. The molecule has 2 nitrogen and oxygen atoms in total. The van der Waals surface area contributed by atoms with Crippen LogP contribution in [0.5, 0.6) is 5.75 Å². The molecule has 1 aliphatic rings. The SMILES string of the molecule is CC1=Nc2ccc(-c3ccc4cc(O)ccc4c3)cc2C1(C)C. The second-order valence-corrected chi connectivity index (χ2v) is 6.80. The molecule has 2 heteroatoms. The summed E-state index contributed by atoms with van der Waals surface area (Å²) in [7, 11) is 0. The van der Waals surface area contributed by atoms with E-state index in [1.54, 1.807) is 12.1 Å². The van der Waals surface area contributed by atoms with Gasteiger partial charge in [-0.05, 0) is 64.7 Å². The highest BCUT2D eigenvalue weighted by molar-refractivity contribution is 6.00. The molecule has 4 rings (SSSR count). The first kappa shape index (κ1) is 14.0. The summed E-state index contributed by atoms with van der Waals surface area (Å²) in [6.45, 7) is 6.55. The Morgan fingerprint density at radius 1 is 0.826 bits per heavy atom. The van der Waals surface area contributed by atoms with Crippen LogP contribution >= 0.6 is 0 Å². The summed E-state index contributed by atoms with van der Waals surface area (Å²) in [5, 5.41) is 11.8. The van der Waals surface area contributed by atoms with E-state index in [0.717, 1.165) is 16.5 Å². The van der Waals surface area contributed by atoms with Crippen molar-refractivity contribution in [1.82, 2.24) is 0 Å². The Morgan fingerprint density at radius 2 is 1.48 bits per heavy atom. The van der Waals surface area contributed by atoms with E-state index in [2.05, 4.69) is 62.2 Å². The molecule has 1 N–H and O–H groups in total. The summed E-state index contributed by atoms with van der Waals surface area (Å²) >= 11 is 0. The molecule has 1 aliphatic heterocycles. The molecule has 0 amide bonds. The lowest BCUT2D eigenvalue weighted by Gasteiger charge is -2.20. The van der Waals surface area contributed by atoms with Crippen LogP contribution in [0.3, 0.4) is 0 Å². The monoisotopic (exact) mass is 301 g/mol. The summed E-state index contributed by atoms with van der Waals surface area (Å²) in [6.07, 6.45) is 0. The van der Waals surface area contributed by atoms with Gasteiger partial charge in [0.1, 0.15) is 5.75 Å². The van der Waals surface area contributed by atoms with Crippen molar-refractivity contribution in [1.29, 1.82) is 0 Å². The molecular formula is C21H19NO. The average molecular weight is 301 g/mol. The van der Waals surface area contributed by atoms with Crippen LogP contribution in [0, 0.1) is 0 Å². The van der Waals surface area contributed by atoms with Gasteiger partial charge in [0.15, 0.2) is 0 Å². The highest BCUT2D eigenvalue weighted by Crippen LogP contribution is 2.42. The molecule has 0 aliphatic carbocycles. The van der Waals surface area contributed by atoms with Gasteiger partial charge in [0, 0.05) is 11.1 Å². The zero-order valence-corrected chi connectivity index (χ0v) is 13.6. The van der Waals surface area contributed by atoms with E-state index in [0.29, 0.717) is 5.75 Å². The maximum atomic E-state index is 9.59. The van der Waals surface area contributed by atoms with Crippen molar-refractivity contribution >= 4 is 22.2 Å². The van der Waals surface area contributed by atoms with Crippen molar-refractivity contribution in [2.75, 3.05) is 0 Å². The molecule has 0 saturated heterocycles. The summed E-state index contributed by atoms with van der Waals surface area (Å²) in [5.74, 6) is 0.303. The Balaban J connectivity index is 1.84. The van der Waals surface area contributed by atoms with E-state index in [9.17, 15) is 5.11 Å². The summed E-state index contributed by atoms with van der Waals surface area (Å²) in [6, 6.07) is 18.3. The quantitative estimate of drug-likeness (QED) is 0.623. The minimum atomic E-state index is -0.00597. The van der Waals surface area contributed by atoms with Gasteiger partial charge in [0.05, 0.1) is 5.69 Å². The molecule has 0 saturated carbocycles. The molecule has 0 fully saturated rings. The predicted molar refractivity (Wildman–Crippen MR) is 96.8 cm³/mol. The Hall–Kier alpha value is -2.61. The zero-order valence-electron chi connectivity index (χ0n) is 13.6. The number of phenolic OH excluding ortho intramolecular Hbond substituents is 1. The molecule has 1 heterocycles. The van der Waals surface area contributed by atoms with Crippen molar-refractivity contribution in [2.24, 2.45) is 4.99 Å². The summed E-state index contributed by atoms with van der Waals surface area (Å²) in [5.41, 5.74) is 5.93. The Bertz CT molecular complexity index is 967. The lowest BCUT2D eigenvalue weighted by atomic mass is 9.81. The first-order valence-corrected chi connectivity index (χ1v) is 7.88. The van der Waals surface area contributed by atoms with Crippen molar-refractivity contribution in [3.8, 4) is 16.9 Å². The molecule has 0 unspecified atom stereocenters. The van der Waals surface area contributed by atoms with E-state index in [-0.39, 0.29) is 5.41 Å². The van der Waals surface area contributed by atoms with Crippen LogP contribution in [0.15, 0.2) is 59.6 Å². The van der Waals surface area contributed by atoms with Crippen LogP contribution in [0.4, 0.5) is 5.69 Å². The maximum absolute atomic E-state index is 9.59. The van der Waals surface area contributed by atoms with E-state index in [1.807, 2.05) is 6.07 Å². The van der Waals surface area contributed by atoms with Crippen LogP contribution in [0.25, 0.3) is 21.9 Å². The number of aliphatic imine (C=N–C) groups is 1. The molecule has 0 bridgehead atoms. The fourth-order valence-electron chi connectivity index (χ4n) is 3.24. The van der Waals surface area contributed by atoms with E-state index in [4.69, 9.17) is 0 Å². The second kappa shape index (κ2) is 4.69. The lowest BCUT2D eigenvalue weighted by Crippen LogP contribution is -2.22. The van der Waals surface area contributed by atoms with Gasteiger partial charge in [-0.15, -0.1) is 0 Å². The Morgan fingerprint density at radius 3 is 2.30 bits per heavy atom. The van der Waals surface area contributed by atoms with Gasteiger partial charge >= 0.3 is 0 Å². The molecule has 0 radical (unpaired) electrons. The minimum absolute atomic E-state index is 0.00597. The number of benzene rings is 3. The molecule has 3 aromatic carbocycles. The van der Waals surface area contributed by atoms with Crippen LogP contribution in [0.2, 0.25) is 0 Å². The number of hydrogen-bond donors (Lipinski definition) is 1. The number of nitrogens with zero attached hydrogens (tertiary/aromatic N) is 1. The van der Waals surface area contributed by atoms with Gasteiger partial charge in [-0.2, -0.15) is 0 Å². The average Bonchev–Trinajstić information content (AvgIpc) is 2.76. The third-order valence-electron chi connectivity index (χ3n) is 5.02. The van der Waals surface area contributed by atoms with Crippen molar-refractivity contribution in [3.63, 3.8) is 0 Å². The third-order valence-corrected chi connectivity index (χ3v) is 5.02. The lowest BCUT2D eigenvalue weighted by molar-refractivity contribution is 0.476. The number of hydrogen-bond acceptors (Lipinski definition) is 2. The smallest absolute Gasteiger partial charge is 0.116 e. The van der Waals surface area contributed by atoms with Crippen LogP contribution in [0.1, 0.15) is 26.3 Å². The van der Waals surface area contributed by atoms with Crippen molar-refractivity contribution in [3.05, 3.63) is 60.2 Å².